The maximum atomic E-state index is 5.12. The van der Waals surface area contributed by atoms with Crippen LogP contribution >= 0.6 is 0 Å². The molecule has 0 saturated carbocycles. The zero-order valence-corrected chi connectivity index (χ0v) is 10.2. The molecule has 0 bridgehead atoms. The van der Waals surface area contributed by atoms with Crippen molar-refractivity contribution < 1.29 is 4.52 Å². The van der Waals surface area contributed by atoms with Crippen molar-refractivity contribution in [2.75, 3.05) is 19.4 Å². The molecule has 1 aromatic heterocycles. The zero-order chi connectivity index (χ0) is 12.3. The van der Waals surface area contributed by atoms with E-state index < -0.39 is 0 Å². The van der Waals surface area contributed by atoms with Crippen molar-refractivity contribution in [3.8, 4) is 11.4 Å². The Morgan fingerprint density at radius 1 is 1.29 bits per heavy atom. The SMILES string of the molecule is CNCc1nc(-c2ccc(C)c(NC)c2)no1. The third-order valence-electron chi connectivity index (χ3n) is 2.56. The van der Waals surface area contributed by atoms with Crippen molar-refractivity contribution >= 4 is 5.69 Å². The summed E-state index contributed by atoms with van der Waals surface area (Å²) in [4.78, 5) is 4.31. The summed E-state index contributed by atoms with van der Waals surface area (Å²) in [6.07, 6.45) is 0. The minimum atomic E-state index is 0.581. The third-order valence-corrected chi connectivity index (χ3v) is 2.56. The number of rotatable bonds is 4. The summed E-state index contributed by atoms with van der Waals surface area (Å²) in [5.41, 5.74) is 3.21. The molecule has 2 aromatic rings. The van der Waals surface area contributed by atoms with Gasteiger partial charge in [-0.25, -0.2) is 0 Å². The van der Waals surface area contributed by atoms with Gasteiger partial charge >= 0.3 is 0 Å². The molecule has 17 heavy (non-hydrogen) atoms. The van der Waals surface area contributed by atoms with Gasteiger partial charge < -0.3 is 15.2 Å². The lowest BCUT2D eigenvalue weighted by molar-refractivity contribution is 0.372. The van der Waals surface area contributed by atoms with Crippen molar-refractivity contribution in [3.05, 3.63) is 29.7 Å². The van der Waals surface area contributed by atoms with Gasteiger partial charge in [-0.05, 0) is 25.6 Å². The zero-order valence-electron chi connectivity index (χ0n) is 10.2. The molecule has 0 amide bonds. The normalized spacial score (nSPS) is 10.5. The van der Waals surface area contributed by atoms with E-state index in [2.05, 4.69) is 27.7 Å². The lowest BCUT2D eigenvalue weighted by Gasteiger charge is -2.05. The van der Waals surface area contributed by atoms with E-state index in [1.165, 1.54) is 5.56 Å². The van der Waals surface area contributed by atoms with Crippen LogP contribution < -0.4 is 10.6 Å². The van der Waals surface area contributed by atoms with Crippen LogP contribution in [-0.4, -0.2) is 24.2 Å². The predicted molar refractivity (Wildman–Crippen MR) is 66.8 cm³/mol. The van der Waals surface area contributed by atoms with Crippen LogP contribution in [-0.2, 0) is 6.54 Å². The van der Waals surface area contributed by atoms with E-state index in [1.807, 2.05) is 32.3 Å². The van der Waals surface area contributed by atoms with Crippen LogP contribution in [0.25, 0.3) is 11.4 Å². The van der Waals surface area contributed by atoms with Gasteiger partial charge in [0.05, 0.1) is 6.54 Å². The number of aryl methyl sites for hydroxylation is 1. The first-order valence-corrected chi connectivity index (χ1v) is 5.50. The van der Waals surface area contributed by atoms with E-state index in [0.29, 0.717) is 18.3 Å². The van der Waals surface area contributed by atoms with Gasteiger partial charge in [0, 0.05) is 18.3 Å². The summed E-state index contributed by atoms with van der Waals surface area (Å²) in [6, 6.07) is 6.04. The fraction of sp³-hybridized carbons (Fsp3) is 0.333. The average molecular weight is 232 g/mol. The van der Waals surface area contributed by atoms with E-state index in [1.54, 1.807) is 0 Å². The molecule has 1 heterocycles. The molecule has 0 radical (unpaired) electrons. The molecule has 5 nitrogen and oxygen atoms in total. The molecule has 0 aliphatic rings. The van der Waals surface area contributed by atoms with Gasteiger partial charge in [0.15, 0.2) is 0 Å². The van der Waals surface area contributed by atoms with Gasteiger partial charge in [0.2, 0.25) is 11.7 Å². The van der Waals surface area contributed by atoms with Crippen molar-refractivity contribution in [1.82, 2.24) is 15.5 Å². The molecular formula is C12H16N4O. The molecule has 0 aliphatic carbocycles. The van der Waals surface area contributed by atoms with Crippen molar-refractivity contribution in [3.63, 3.8) is 0 Å². The average Bonchev–Trinajstić information content (AvgIpc) is 2.79. The summed E-state index contributed by atoms with van der Waals surface area (Å²) in [5, 5.41) is 10.1. The van der Waals surface area contributed by atoms with Crippen LogP contribution in [0.2, 0.25) is 0 Å². The number of hydrogen-bond acceptors (Lipinski definition) is 5. The lowest BCUT2D eigenvalue weighted by atomic mass is 10.1. The molecule has 0 fully saturated rings. The molecule has 0 unspecified atom stereocenters. The highest BCUT2D eigenvalue weighted by Crippen LogP contribution is 2.22. The first-order chi connectivity index (χ1) is 8.24. The fourth-order valence-corrected chi connectivity index (χ4v) is 1.63. The highest BCUT2D eigenvalue weighted by atomic mass is 16.5. The molecule has 2 rings (SSSR count). The lowest BCUT2D eigenvalue weighted by Crippen LogP contribution is -2.04. The first kappa shape index (κ1) is 11.6. The summed E-state index contributed by atoms with van der Waals surface area (Å²) < 4.78 is 5.12. The van der Waals surface area contributed by atoms with Crippen LogP contribution in [0.3, 0.4) is 0 Å². The van der Waals surface area contributed by atoms with Crippen LogP contribution in [0, 0.1) is 6.92 Å². The second kappa shape index (κ2) is 4.97. The molecule has 0 atom stereocenters. The van der Waals surface area contributed by atoms with Gasteiger partial charge in [-0.2, -0.15) is 4.98 Å². The second-order valence-electron chi connectivity index (χ2n) is 3.82. The van der Waals surface area contributed by atoms with E-state index in [0.717, 1.165) is 11.3 Å². The Morgan fingerprint density at radius 2 is 2.12 bits per heavy atom. The van der Waals surface area contributed by atoms with Crippen LogP contribution in [0.1, 0.15) is 11.5 Å². The largest absolute Gasteiger partial charge is 0.388 e. The van der Waals surface area contributed by atoms with E-state index in [9.17, 15) is 0 Å². The molecule has 1 aromatic carbocycles. The monoisotopic (exact) mass is 232 g/mol. The van der Waals surface area contributed by atoms with E-state index >= 15 is 0 Å². The number of benzene rings is 1. The minimum Gasteiger partial charge on any atom is -0.388 e. The Bertz CT molecular complexity index is 507. The number of aromatic nitrogens is 2. The highest BCUT2D eigenvalue weighted by molar-refractivity contribution is 5.64. The minimum absolute atomic E-state index is 0.581. The maximum absolute atomic E-state index is 5.12. The Balaban J connectivity index is 2.32. The number of nitrogens with one attached hydrogen (secondary N) is 2. The predicted octanol–water partition coefficient (Wildman–Crippen LogP) is 1.81. The van der Waals surface area contributed by atoms with Gasteiger partial charge in [-0.1, -0.05) is 17.3 Å². The highest BCUT2D eigenvalue weighted by Gasteiger charge is 2.09. The topological polar surface area (TPSA) is 63.0 Å². The molecule has 0 aliphatic heterocycles. The number of anilines is 1. The quantitative estimate of drug-likeness (QED) is 0.841. The van der Waals surface area contributed by atoms with Gasteiger partial charge in [0.1, 0.15) is 0 Å². The Morgan fingerprint density at radius 3 is 2.82 bits per heavy atom. The summed E-state index contributed by atoms with van der Waals surface area (Å²) in [6.45, 7) is 2.63. The molecule has 0 spiro atoms. The van der Waals surface area contributed by atoms with Crippen LogP contribution in [0.5, 0.6) is 0 Å². The number of hydrogen-bond donors (Lipinski definition) is 2. The molecule has 0 saturated heterocycles. The second-order valence-corrected chi connectivity index (χ2v) is 3.82. The molecule has 5 heteroatoms. The Kier molecular flexibility index (Phi) is 3.39. The first-order valence-electron chi connectivity index (χ1n) is 5.50. The number of nitrogens with zero attached hydrogens (tertiary/aromatic N) is 2. The molecule has 2 N–H and O–H groups in total. The van der Waals surface area contributed by atoms with Gasteiger partial charge in [0.25, 0.3) is 0 Å². The van der Waals surface area contributed by atoms with Gasteiger partial charge in [-0.3, -0.25) is 0 Å². The molecule has 90 valence electrons. The van der Waals surface area contributed by atoms with Gasteiger partial charge in [-0.15, -0.1) is 0 Å². The third kappa shape index (κ3) is 2.45. The van der Waals surface area contributed by atoms with Crippen molar-refractivity contribution in [2.24, 2.45) is 0 Å². The van der Waals surface area contributed by atoms with Crippen molar-refractivity contribution in [1.29, 1.82) is 0 Å². The maximum Gasteiger partial charge on any atom is 0.240 e. The van der Waals surface area contributed by atoms with Crippen LogP contribution in [0.15, 0.2) is 22.7 Å². The van der Waals surface area contributed by atoms with E-state index in [4.69, 9.17) is 4.52 Å². The van der Waals surface area contributed by atoms with E-state index in [-0.39, 0.29) is 0 Å². The standard InChI is InChI=1S/C12H16N4O/c1-8-4-5-9(6-10(8)14-3)12-15-11(7-13-2)17-16-12/h4-6,13-14H,7H2,1-3H3. The Hall–Kier alpha value is -1.88. The summed E-state index contributed by atoms with van der Waals surface area (Å²) in [5.74, 6) is 1.21. The fourth-order valence-electron chi connectivity index (χ4n) is 1.63. The summed E-state index contributed by atoms with van der Waals surface area (Å²) >= 11 is 0. The molecular weight excluding hydrogens is 216 g/mol. The smallest absolute Gasteiger partial charge is 0.240 e. The van der Waals surface area contributed by atoms with Crippen LogP contribution in [0.4, 0.5) is 5.69 Å². The van der Waals surface area contributed by atoms with Crippen molar-refractivity contribution in [2.45, 2.75) is 13.5 Å². The Labute approximate surface area is 100 Å². The summed E-state index contributed by atoms with van der Waals surface area (Å²) in [7, 11) is 3.74.